The van der Waals surface area contributed by atoms with Gasteiger partial charge >= 0.3 is 5.97 Å². The highest BCUT2D eigenvalue weighted by atomic mass is 16.4. The number of hydrogen-bond acceptors (Lipinski definition) is 3. The van der Waals surface area contributed by atoms with E-state index >= 15 is 0 Å². The van der Waals surface area contributed by atoms with E-state index in [4.69, 9.17) is 5.11 Å². The molecule has 0 bridgehead atoms. The van der Waals surface area contributed by atoms with Crippen molar-refractivity contribution in [1.82, 2.24) is 10.6 Å². The van der Waals surface area contributed by atoms with E-state index in [0.29, 0.717) is 24.9 Å². The summed E-state index contributed by atoms with van der Waals surface area (Å²) in [5.41, 5.74) is 0. The standard InChI is InChI=1S/C15H28N2O3/c1-11(2)16-9-3-4-14(18)17-10-12-5-7-13(8-6-12)15(19)20/h11-13,16H,3-10H2,1-2H3,(H,17,18)(H,19,20). The van der Waals surface area contributed by atoms with Gasteiger partial charge in [0.2, 0.25) is 5.91 Å². The first kappa shape index (κ1) is 17.0. The van der Waals surface area contributed by atoms with E-state index in [0.717, 1.165) is 38.6 Å². The molecule has 20 heavy (non-hydrogen) atoms. The molecule has 0 aliphatic heterocycles. The maximum atomic E-state index is 11.7. The fourth-order valence-corrected chi connectivity index (χ4v) is 2.60. The molecule has 3 N–H and O–H groups in total. The molecule has 0 aromatic heterocycles. The van der Waals surface area contributed by atoms with Gasteiger partial charge in [0.05, 0.1) is 5.92 Å². The molecule has 0 heterocycles. The molecule has 116 valence electrons. The lowest BCUT2D eigenvalue weighted by Gasteiger charge is -2.26. The van der Waals surface area contributed by atoms with Crippen molar-refractivity contribution in [2.75, 3.05) is 13.1 Å². The molecule has 0 spiro atoms. The second-order valence-electron chi connectivity index (χ2n) is 6.07. The van der Waals surface area contributed by atoms with E-state index in [1.54, 1.807) is 0 Å². The number of carboxylic acids is 1. The van der Waals surface area contributed by atoms with Crippen LogP contribution in [0.2, 0.25) is 0 Å². The number of amides is 1. The SMILES string of the molecule is CC(C)NCCCC(=O)NCC1CCC(C(=O)O)CC1. The van der Waals surface area contributed by atoms with Crippen molar-refractivity contribution >= 4 is 11.9 Å². The third kappa shape index (κ3) is 6.89. The van der Waals surface area contributed by atoms with Crippen molar-refractivity contribution in [3.8, 4) is 0 Å². The number of carbonyl (C=O) groups excluding carboxylic acids is 1. The molecular formula is C15H28N2O3. The van der Waals surface area contributed by atoms with Crippen LogP contribution in [0.15, 0.2) is 0 Å². The van der Waals surface area contributed by atoms with Gasteiger partial charge in [-0.1, -0.05) is 13.8 Å². The first-order chi connectivity index (χ1) is 9.49. The molecule has 0 atom stereocenters. The summed E-state index contributed by atoms with van der Waals surface area (Å²) in [4.78, 5) is 22.5. The van der Waals surface area contributed by atoms with Crippen molar-refractivity contribution in [2.45, 2.75) is 58.4 Å². The molecule has 0 aromatic carbocycles. The maximum absolute atomic E-state index is 11.7. The molecule has 1 amide bonds. The number of aliphatic carboxylic acids is 1. The van der Waals surface area contributed by atoms with Crippen molar-refractivity contribution < 1.29 is 14.7 Å². The highest BCUT2D eigenvalue weighted by molar-refractivity contribution is 5.75. The van der Waals surface area contributed by atoms with Crippen LogP contribution in [0.1, 0.15) is 52.4 Å². The van der Waals surface area contributed by atoms with Crippen LogP contribution in [0.3, 0.4) is 0 Å². The Balaban J connectivity index is 2.06. The first-order valence-corrected chi connectivity index (χ1v) is 7.72. The Kier molecular flexibility index (Phi) is 7.59. The van der Waals surface area contributed by atoms with Crippen LogP contribution >= 0.6 is 0 Å². The van der Waals surface area contributed by atoms with Crippen LogP contribution in [-0.4, -0.2) is 36.1 Å². The molecule has 0 saturated heterocycles. The Morgan fingerprint density at radius 2 is 1.85 bits per heavy atom. The summed E-state index contributed by atoms with van der Waals surface area (Å²) < 4.78 is 0. The predicted octanol–water partition coefficient (Wildman–Crippen LogP) is 1.77. The normalized spacial score (nSPS) is 22.8. The van der Waals surface area contributed by atoms with Gasteiger partial charge in [-0.25, -0.2) is 0 Å². The van der Waals surface area contributed by atoms with Gasteiger partial charge in [0.15, 0.2) is 0 Å². The molecule has 1 saturated carbocycles. The van der Waals surface area contributed by atoms with Gasteiger partial charge < -0.3 is 15.7 Å². The largest absolute Gasteiger partial charge is 0.481 e. The quantitative estimate of drug-likeness (QED) is 0.594. The van der Waals surface area contributed by atoms with E-state index in [2.05, 4.69) is 24.5 Å². The predicted molar refractivity (Wildman–Crippen MR) is 78.5 cm³/mol. The molecule has 0 aromatic rings. The highest BCUT2D eigenvalue weighted by Gasteiger charge is 2.25. The van der Waals surface area contributed by atoms with Gasteiger partial charge in [0, 0.05) is 19.0 Å². The topological polar surface area (TPSA) is 78.4 Å². The van der Waals surface area contributed by atoms with E-state index in [-0.39, 0.29) is 11.8 Å². The van der Waals surface area contributed by atoms with Crippen molar-refractivity contribution in [2.24, 2.45) is 11.8 Å². The minimum absolute atomic E-state index is 0.107. The number of hydrogen-bond donors (Lipinski definition) is 3. The monoisotopic (exact) mass is 284 g/mol. The van der Waals surface area contributed by atoms with Gasteiger partial charge in [0.25, 0.3) is 0 Å². The molecule has 5 nitrogen and oxygen atoms in total. The highest BCUT2D eigenvalue weighted by Crippen LogP contribution is 2.28. The minimum Gasteiger partial charge on any atom is -0.481 e. The molecule has 1 fully saturated rings. The van der Waals surface area contributed by atoms with Gasteiger partial charge in [-0.2, -0.15) is 0 Å². The Morgan fingerprint density at radius 1 is 1.20 bits per heavy atom. The second kappa shape index (κ2) is 8.95. The van der Waals surface area contributed by atoms with Crippen LogP contribution in [0.5, 0.6) is 0 Å². The summed E-state index contributed by atoms with van der Waals surface area (Å²) in [6.07, 6.45) is 4.72. The van der Waals surface area contributed by atoms with E-state index in [1.807, 2.05) is 0 Å². The summed E-state index contributed by atoms with van der Waals surface area (Å²) >= 11 is 0. The molecule has 1 aliphatic rings. The van der Waals surface area contributed by atoms with Crippen LogP contribution in [0.25, 0.3) is 0 Å². The van der Waals surface area contributed by atoms with Crippen molar-refractivity contribution in [3.63, 3.8) is 0 Å². The Hall–Kier alpha value is -1.10. The zero-order chi connectivity index (χ0) is 15.0. The van der Waals surface area contributed by atoms with Crippen molar-refractivity contribution in [3.05, 3.63) is 0 Å². The summed E-state index contributed by atoms with van der Waals surface area (Å²) in [6.45, 7) is 5.75. The summed E-state index contributed by atoms with van der Waals surface area (Å²) in [6, 6.07) is 0.461. The Labute approximate surface area is 121 Å². The molecule has 5 heteroatoms. The van der Waals surface area contributed by atoms with Gasteiger partial charge in [-0.05, 0) is 44.6 Å². The summed E-state index contributed by atoms with van der Waals surface area (Å²) in [5.74, 6) is -0.298. The van der Waals surface area contributed by atoms with Crippen LogP contribution < -0.4 is 10.6 Å². The zero-order valence-electron chi connectivity index (χ0n) is 12.7. The van der Waals surface area contributed by atoms with Crippen molar-refractivity contribution in [1.29, 1.82) is 0 Å². The van der Waals surface area contributed by atoms with Gasteiger partial charge in [-0.3, -0.25) is 9.59 Å². The Morgan fingerprint density at radius 3 is 2.40 bits per heavy atom. The number of nitrogens with one attached hydrogen (secondary N) is 2. The fourth-order valence-electron chi connectivity index (χ4n) is 2.60. The van der Waals surface area contributed by atoms with E-state index in [1.165, 1.54) is 0 Å². The average Bonchev–Trinajstić information content (AvgIpc) is 2.41. The Bertz CT molecular complexity index is 310. The van der Waals surface area contributed by atoms with E-state index in [9.17, 15) is 9.59 Å². The lowest BCUT2D eigenvalue weighted by molar-refractivity contribution is -0.143. The molecule has 1 rings (SSSR count). The third-order valence-electron chi connectivity index (χ3n) is 3.92. The molecular weight excluding hydrogens is 256 g/mol. The molecule has 0 radical (unpaired) electrons. The summed E-state index contributed by atoms with van der Waals surface area (Å²) in [7, 11) is 0. The third-order valence-corrected chi connectivity index (χ3v) is 3.92. The number of rotatable bonds is 8. The van der Waals surface area contributed by atoms with Crippen LogP contribution in [0.4, 0.5) is 0 Å². The van der Waals surface area contributed by atoms with Crippen LogP contribution in [0, 0.1) is 11.8 Å². The van der Waals surface area contributed by atoms with E-state index < -0.39 is 5.97 Å². The van der Waals surface area contributed by atoms with Crippen LogP contribution in [-0.2, 0) is 9.59 Å². The number of carbonyl (C=O) groups is 2. The van der Waals surface area contributed by atoms with Gasteiger partial charge in [0.1, 0.15) is 0 Å². The first-order valence-electron chi connectivity index (χ1n) is 7.72. The zero-order valence-corrected chi connectivity index (χ0v) is 12.7. The molecule has 1 aliphatic carbocycles. The lowest BCUT2D eigenvalue weighted by Crippen LogP contribution is -2.33. The summed E-state index contributed by atoms with van der Waals surface area (Å²) in [5, 5.41) is 15.2. The second-order valence-corrected chi connectivity index (χ2v) is 6.07. The fraction of sp³-hybridized carbons (Fsp3) is 0.867. The maximum Gasteiger partial charge on any atom is 0.306 e. The number of carboxylic acid groups (broad SMARTS) is 1. The molecule has 0 unspecified atom stereocenters. The smallest absolute Gasteiger partial charge is 0.306 e. The van der Waals surface area contributed by atoms with Gasteiger partial charge in [-0.15, -0.1) is 0 Å². The average molecular weight is 284 g/mol. The lowest BCUT2D eigenvalue weighted by atomic mass is 9.82. The minimum atomic E-state index is -0.676.